The van der Waals surface area contributed by atoms with Crippen molar-refractivity contribution in [2.75, 3.05) is 11.9 Å². The van der Waals surface area contributed by atoms with Crippen LogP contribution in [0.4, 0.5) is 11.4 Å². The zero-order valence-electron chi connectivity index (χ0n) is 7.94. The summed E-state index contributed by atoms with van der Waals surface area (Å²) < 4.78 is 5.12. The third-order valence-electron chi connectivity index (χ3n) is 2.13. The Balaban J connectivity index is 2.51. The highest BCUT2D eigenvalue weighted by Gasteiger charge is 2.21. The van der Waals surface area contributed by atoms with Gasteiger partial charge in [0.15, 0.2) is 6.61 Å². The van der Waals surface area contributed by atoms with Crippen LogP contribution in [0.2, 0.25) is 0 Å². The van der Waals surface area contributed by atoms with Gasteiger partial charge >= 0.3 is 0 Å². The summed E-state index contributed by atoms with van der Waals surface area (Å²) in [6.07, 6.45) is 0. The van der Waals surface area contributed by atoms with Crippen molar-refractivity contribution < 1.29 is 14.5 Å². The minimum absolute atomic E-state index is 0.0282. The van der Waals surface area contributed by atoms with E-state index in [4.69, 9.17) is 4.74 Å². The van der Waals surface area contributed by atoms with Crippen LogP contribution in [-0.2, 0) is 4.79 Å². The van der Waals surface area contributed by atoms with Crippen molar-refractivity contribution in [3.05, 3.63) is 27.8 Å². The summed E-state index contributed by atoms with van der Waals surface area (Å²) >= 11 is 0. The first-order valence-corrected chi connectivity index (χ1v) is 4.29. The number of hydrogen-bond acceptors (Lipinski definition) is 4. The lowest BCUT2D eigenvalue weighted by atomic mass is 10.1. The molecule has 78 valence electrons. The molecule has 1 aromatic rings. The number of nitrogens with one attached hydrogen (secondary N) is 1. The SMILES string of the molecule is Cc1cc2c(cc1[N+](=O)[O-])NC(=O)CO2. The fourth-order valence-corrected chi connectivity index (χ4v) is 1.41. The van der Waals surface area contributed by atoms with Crippen LogP contribution in [0, 0.1) is 17.0 Å². The molecule has 0 atom stereocenters. The molecular formula is C9H8N2O4. The molecule has 0 radical (unpaired) electrons. The number of ether oxygens (including phenoxy) is 1. The van der Waals surface area contributed by atoms with Gasteiger partial charge in [-0.25, -0.2) is 0 Å². The van der Waals surface area contributed by atoms with Gasteiger partial charge in [-0.05, 0) is 13.0 Å². The van der Waals surface area contributed by atoms with Crippen molar-refractivity contribution in [3.8, 4) is 5.75 Å². The summed E-state index contributed by atoms with van der Waals surface area (Å²) in [7, 11) is 0. The van der Waals surface area contributed by atoms with Crippen molar-refractivity contribution in [2.24, 2.45) is 0 Å². The van der Waals surface area contributed by atoms with Crippen LogP contribution >= 0.6 is 0 Å². The third kappa shape index (κ3) is 1.61. The number of anilines is 1. The molecule has 1 N–H and O–H groups in total. The normalized spacial score (nSPS) is 13.8. The van der Waals surface area contributed by atoms with Gasteiger partial charge in [-0.3, -0.25) is 14.9 Å². The molecule has 0 bridgehead atoms. The highest BCUT2D eigenvalue weighted by molar-refractivity contribution is 5.95. The Labute approximate surface area is 85.0 Å². The van der Waals surface area contributed by atoms with Crippen LogP contribution in [0.1, 0.15) is 5.56 Å². The number of carbonyl (C=O) groups is 1. The van der Waals surface area contributed by atoms with Crippen molar-refractivity contribution in [3.63, 3.8) is 0 Å². The molecule has 6 heteroatoms. The van der Waals surface area contributed by atoms with E-state index in [1.807, 2.05) is 0 Å². The van der Waals surface area contributed by atoms with Gasteiger partial charge < -0.3 is 10.1 Å². The smallest absolute Gasteiger partial charge is 0.274 e. The molecule has 6 nitrogen and oxygen atoms in total. The number of fused-ring (bicyclic) bond motifs is 1. The molecule has 0 saturated heterocycles. The van der Waals surface area contributed by atoms with Crippen LogP contribution in [-0.4, -0.2) is 17.4 Å². The molecule has 1 aliphatic heterocycles. The second-order valence-corrected chi connectivity index (χ2v) is 3.23. The van der Waals surface area contributed by atoms with Gasteiger partial charge in [0.2, 0.25) is 0 Å². The van der Waals surface area contributed by atoms with E-state index in [9.17, 15) is 14.9 Å². The standard InChI is InChI=1S/C9H8N2O4/c1-5-2-8-6(3-7(5)11(13)14)10-9(12)4-15-8/h2-3H,4H2,1H3,(H,10,12). The fraction of sp³-hybridized carbons (Fsp3) is 0.222. The summed E-state index contributed by atoms with van der Waals surface area (Å²) in [6.45, 7) is 1.57. The molecular weight excluding hydrogens is 200 g/mol. The Kier molecular flexibility index (Phi) is 2.03. The van der Waals surface area contributed by atoms with Crippen LogP contribution in [0.3, 0.4) is 0 Å². The zero-order chi connectivity index (χ0) is 11.0. The van der Waals surface area contributed by atoms with E-state index in [0.29, 0.717) is 17.0 Å². The molecule has 2 rings (SSSR count). The van der Waals surface area contributed by atoms with Crippen molar-refractivity contribution in [2.45, 2.75) is 6.92 Å². The largest absolute Gasteiger partial charge is 0.482 e. The van der Waals surface area contributed by atoms with E-state index in [2.05, 4.69) is 5.32 Å². The highest BCUT2D eigenvalue weighted by Crippen LogP contribution is 2.34. The summed E-state index contributed by atoms with van der Waals surface area (Å²) in [4.78, 5) is 21.1. The Morgan fingerprint density at radius 3 is 2.93 bits per heavy atom. The molecule has 0 aliphatic carbocycles. The van der Waals surface area contributed by atoms with Gasteiger partial charge in [0, 0.05) is 11.6 Å². The molecule has 1 aromatic carbocycles. The number of nitro groups is 1. The molecule has 0 fully saturated rings. The molecule has 1 amide bonds. The van der Waals surface area contributed by atoms with E-state index in [0.717, 1.165) is 0 Å². The average Bonchev–Trinajstić information content (AvgIpc) is 2.17. The number of nitrogens with zero attached hydrogens (tertiary/aromatic N) is 1. The van der Waals surface area contributed by atoms with Gasteiger partial charge in [0.05, 0.1) is 10.6 Å². The molecule has 0 aromatic heterocycles. The molecule has 1 heterocycles. The molecule has 0 unspecified atom stereocenters. The predicted octanol–water partition coefficient (Wildman–Crippen LogP) is 1.23. The zero-order valence-corrected chi connectivity index (χ0v) is 7.94. The minimum Gasteiger partial charge on any atom is -0.482 e. The monoisotopic (exact) mass is 208 g/mol. The lowest BCUT2D eigenvalue weighted by Gasteiger charge is -2.17. The van der Waals surface area contributed by atoms with E-state index >= 15 is 0 Å². The van der Waals surface area contributed by atoms with Gasteiger partial charge in [0.1, 0.15) is 5.75 Å². The van der Waals surface area contributed by atoms with E-state index in [1.54, 1.807) is 13.0 Å². The number of nitro benzene ring substituents is 1. The average molecular weight is 208 g/mol. The number of aryl methyl sites for hydroxylation is 1. The first kappa shape index (κ1) is 9.45. The number of rotatable bonds is 1. The van der Waals surface area contributed by atoms with Crippen LogP contribution in [0.5, 0.6) is 5.75 Å². The maximum Gasteiger partial charge on any atom is 0.274 e. The summed E-state index contributed by atoms with van der Waals surface area (Å²) in [5, 5.41) is 13.2. The molecule has 0 spiro atoms. The second kappa shape index (κ2) is 3.23. The van der Waals surface area contributed by atoms with Crippen molar-refractivity contribution in [1.29, 1.82) is 0 Å². The number of benzene rings is 1. The van der Waals surface area contributed by atoms with Crippen LogP contribution in [0.25, 0.3) is 0 Å². The lowest BCUT2D eigenvalue weighted by molar-refractivity contribution is -0.385. The molecule has 0 saturated carbocycles. The van der Waals surface area contributed by atoms with Gasteiger partial charge in [-0.15, -0.1) is 0 Å². The minimum atomic E-state index is -0.490. The maximum absolute atomic E-state index is 11.0. The van der Waals surface area contributed by atoms with Crippen molar-refractivity contribution in [1.82, 2.24) is 0 Å². The van der Waals surface area contributed by atoms with E-state index in [-0.39, 0.29) is 18.2 Å². The quantitative estimate of drug-likeness (QED) is 0.556. The van der Waals surface area contributed by atoms with Gasteiger partial charge in [-0.2, -0.15) is 0 Å². The topological polar surface area (TPSA) is 81.5 Å². The second-order valence-electron chi connectivity index (χ2n) is 3.23. The summed E-state index contributed by atoms with van der Waals surface area (Å²) in [5.41, 5.74) is 0.831. The van der Waals surface area contributed by atoms with Crippen LogP contribution in [0.15, 0.2) is 12.1 Å². The Morgan fingerprint density at radius 1 is 1.53 bits per heavy atom. The number of carbonyl (C=O) groups excluding carboxylic acids is 1. The van der Waals surface area contributed by atoms with Gasteiger partial charge in [0.25, 0.3) is 11.6 Å². The first-order valence-electron chi connectivity index (χ1n) is 4.29. The summed E-state index contributed by atoms with van der Waals surface area (Å²) in [6, 6.07) is 2.86. The predicted molar refractivity (Wildman–Crippen MR) is 52.0 cm³/mol. The van der Waals surface area contributed by atoms with Crippen LogP contribution < -0.4 is 10.1 Å². The highest BCUT2D eigenvalue weighted by atomic mass is 16.6. The Morgan fingerprint density at radius 2 is 2.27 bits per heavy atom. The molecule has 1 aliphatic rings. The third-order valence-corrected chi connectivity index (χ3v) is 2.13. The fourth-order valence-electron chi connectivity index (χ4n) is 1.41. The first-order chi connectivity index (χ1) is 7.08. The van der Waals surface area contributed by atoms with Gasteiger partial charge in [-0.1, -0.05) is 0 Å². The molecule has 15 heavy (non-hydrogen) atoms. The van der Waals surface area contributed by atoms with E-state index < -0.39 is 4.92 Å². The number of hydrogen-bond donors (Lipinski definition) is 1. The van der Waals surface area contributed by atoms with Crippen molar-refractivity contribution >= 4 is 17.3 Å². The summed E-state index contributed by atoms with van der Waals surface area (Å²) in [5.74, 6) is 0.165. The Hall–Kier alpha value is -2.11. The Bertz CT molecular complexity index is 456. The number of amides is 1. The lowest BCUT2D eigenvalue weighted by Crippen LogP contribution is -2.25. The van der Waals surface area contributed by atoms with E-state index in [1.165, 1.54) is 6.07 Å². The maximum atomic E-state index is 11.0.